The molecule has 0 aliphatic carbocycles. The number of hydrogen-bond acceptors (Lipinski definition) is 2. The van der Waals surface area contributed by atoms with Crippen molar-refractivity contribution in [3.05, 3.63) is 35.0 Å². The fourth-order valence-electron chi connectivity index (χ4n) is 1.32. The second kappa shape index (κ2) is 3.64. The topological polar surface area (TPSA) is 13.1 Å². The first-order valence-electron chi connectivity index (χ1n) is 3.96. The van der Waals surface area contributed by atoms with Crippen molar-refractivity contribution in [1.29, 1.82) is 0 Å². The summed E-state index contributed by atoms with van der Waals surface area (Å²) in [5, 5.41) is 1.89. The van der Waals surface area contributed by atoms with Crippen molar-refractivity contribution >= 4 is 34.3 Å². The van der Waals surface area contributed by atoms with Gasteiger partial charge in [0.1, 0.15) is 5.58 Å². The molecule has 2 rings (SSSR count). The molecule has 0 bridgehead atoms. The molecule has 1 aromatic carbocycles. The summed E-state index contributed by atoms with van der Waals surface area (Å²) in [6.07, 6.45) is 3.88. The van der Waals surface area contributed by atoms with E-state index in [1.807, 2.05) is 18.2 Å². The molecular weight excluding hydrogens is 204 g/mol. The van der Waals surface area contributed by atoms with Gasteiger partial charge in [0.05, 0.1) is 6.26 Å². The van der Waals surface area contributed by atoms with Crippen LogP contribution in [-0.4, -0.2) is 6.26 Å². The maximum atomic E-state index is 5.84. The van der Waals surface area contributed by atoms with Gasteiger partial charge in [-0.05, 0) is 24.5 Å². The highest BCUT2D eigenvalue weighted by molar-refractivity contribution is 7.97. The quantitative estimate of drug-likeness (QED) is 0.748. The van der Waals surface area contributed by atoms with Crippen LogP contribution < -0.4 is 0 Å². The lowest BCUT2D eigenvalue weighted by Gasteiger charge is -1.93. The average Bonchev–Trinajstić information content (AvgIpc) is 2.49. The third-order valence-corrected chi connectivity index (χ3v) is 2.75. The van der Waals surface area contributed by atoms with Crippen molar-refractivity contribution < 1.29 is 4.42 Å². The number of rotatable bonds is 2. The molecule has 1 heterocycles. The zero-order chi connectivity index (χ0) is 9.26. The molecule has 13 heavy (non-hydrogen) atoms. The van der Waals surface area contributed by atoms with Crippen LogP contribution in [0.4, 0.5) is 0 Å². The molecule has 0 N–H and O–H groups in total. The first-order valence-corrected chi connectivity index (χ1v) is 5.73. The summed E-state index contributed by atoms with van der Waals surface area (Å²) in [5.41, 5.74) is 2.11. The van der Waals surface area contributed by atoms with E-state index in [1.165, 1.54) is 10.9 Å². The van der Waals surface area contributed by atoms with E-state index in [4.69, 9.17) is 16.0 Å². The van der Waals surface area contributed by atoms with Gasteiger partial charge in [-0.1, -0.05) is 11.6 Å². The van der Waals surface area contributed by atoms with Crippen molar-refractivity contribution in [2.24, 2.45) is 0 Å². The second-order valence-corrected chi connectivity index (χ2v) is 4.14. The molecule has 0 unspecified atom stereocenters. The Morgan fingerprint density at radius 2 is 2.31 bits per heavy atom. The number of halogens is 1. The maximum absolute atomic E-state index is 5.84. The smallest absolute Gasteiger partial charge is 0.135 e. The van der Waals surface area contributed by atoms with Crippen molar-refractivity contribution in [2.75, 3.05) is 6.26 Å². The zero-order valence-electron chi connectivity index (χ0n) is 7.21. The summed E-state index contributed by atoms with van der Waals surface area (Å²) in [6.45, 7) is 0. The minimum Gasteiger partial charge on any atom is -0.464 e. The van der Waals surface area contributed by atoms with Gasteiger partial charge in [0.25, 0.3) is 0 Å². The summed E-state index contributed by atoms with van der Waals surface area (Å²) in [4.78, 5) is 0. The molecule has 0 saturated heterocycles. The molecule has 0 aliphatic heterocycles. The second-order valence-electron chi connectivity index (χ2n) is 2.83. The molecule has 2 aromatic rings. The molecule has 0 atom stereocenters. The maximum Gasteiger partial charge on any atom is 0.135 e. The van der Waals surface area contributed by atoms with E-state index >= 15 is 0 Å². The van der Waals surface area contributed by atoms with E-state index in [0.717, 1.165) is 16.4 Å². The number of furan rings is 1. The van der Waals surface area contributed by atoms with Crippen LogP contribution in [0.1, 0.15) is 5.56 Å². The summed E-state index contributed by atoms with van der Waals surface area (Å²) in [7, 11) is 0. The van der Waals surface area contributed by atoms with E-state index in [9.17, 15) is 0 Å². The fraction of sp³-hybridized carbons (Fsp3) is 0.200. The predicted octanol–water partition coefficient (Wildman–Crippen LogP) is 3.95. The van der Waals surface area contributed by atoms with Crippen LogP contribution in [0.5, 0.6) is 0 Å². The van der Waals surface area contributed by atoms with Gasteiger partial charge >= 0.3 is 0 Å². The van der Waals surface area contributed by atoms with Crippen molar-refractivity contribution in [2.45, 2.75) is 5.75 Å². The zero-order valence-corrected chi connectivity index (χ0v) is 8.78. The first kappa shape index (κ1) is 8.97. The molecule has 0 saturated carbocycles. The molecule has 0 radical (unpaired) electrons. The predicted molar refractivity (Wildman–Crippen MR) is 58.4 cm³/mol. The first-order chi connectivity index (χ1) is 6.31. The molecule has 68 valence electrons. The van der Waals surface area contributed by atoms with E-state index < -0.39 is 0 Å². The van der Waals surface area contributed by atoms with Crippen LogP contribution in [0.2, 0.25) is 5.02 Å². The van der Waals surface area contributed by atoms with Gasteiger partial charge in [-0.25, -0.2) is 0 Å². The fourth-order valence-corrected chi connectivity index (χ4v) is 2.02. The molecule has 0 fully saturated rings. The van der Waals surface area contributed by atoms with Gasteiger partial charge in [0, 0.05) is 21.7 Å². The van der Waals surface area contributed by atoms with Crippen molar-refractivity contribution in [1.82, 2.24) is 0 Å². The highest BCUT2D eigenvalue weighted by Gasteiger charge is 2.04. The summed E-state index contributed by atoms with van der Waals surface area (Å²) in [6, 6.07) is 5.75. The Morgan fingerprint density at radius 3 is 3.08 bits per heavy atom. The van der Waals surface area contributed by atoms with Crippen LogP contribution in [0.15, 0.2) is 28.9 Å². The molecule has 3 heteroatoms. The lowest BCUT2D eigenvalue weighted by Crippen LogP contribution is -1.74. The highest BCUT2D eigenvalue weighted by atomic mass is 35.5. The Morgan fingerprint density at radius 1 is 1.46 bits per heavy atom. The van der Waals surface area contributed by atoms with E-state index in [0.29, 0.717) is 0 Å². The van der Waals surface area contributed by atoms with Gasteiger partial charge < -0.3 is 4.42 Å². The van der Waals surface area contributed by atoms with Gasteiger partial charge in [-0.15, -0.1) is 0 Å². The molecule has 1 aromatic heterocycles. The van der Waals surface area contributed by atoms with Crippen molar-refractivity contribution in [3.8, 4) is 0 Å². The Hall–Kier alpha value is -0.600. The van der Waals surface area contributed by atoms with Gasteiger partial charge in [-0.3, -0.25) is 0 Å². The van der Waals surface area contributed by atoms with Crippen molar-refractivity contribution in [3.63, 3.8) is 0 Å². The number of fused-ring (bicyclic) bond motifs is 1. The average molecular weight is 213 g/mol. The summed E-state index contributed by atoms with van der Waals surface area (Å²) < 4.78 is 5.38. The summed E-state index contributed by atoms with van der Waals surface area (Å²) in [5.74, 6) is 0.981. The van der Waals surface area contributed by atoms with Crippen LogP contribution in [0, 0.1) is 0 Å². The SMILES string of the molecule is CSCc1coc2cc(Cl)ccc12. The van der Waals surface area contributed by atoms with Crippen LogP contribution in [-0.2, 0) is 5.75 Å². The Bertz CT molecular complexity index is 422. The van der Waals surface area contributed by atoms with E-state index in [-0.39, 0.29) is 0 Å². The third kappa shape index (κ3) is 1.69. The molecule has 1 nitrogen and oxygen atoms in total. The van der Waals surface area contributed by atoms with Crippen LogP contribution in [0.3, 0.4) is 0 Å². The van der Waals surface area contributed by atoms with E-state index in [2.05, 4.69) is 6.26 Å². The van der Waals surface area contributed by atoms with E-state index in [1.54, 1.807) is 18.0 Å². The molecule has 0 spiro atoms. The molecule has 0 aliphatic rings. The normalized spacial score (nSPS) is 10.9. The van der Waals surface area contributed by atoms with Gasteiger partial charge in [0.2, 0.25) is 0 Å². The standard InChI is InChI=1S/C10H9ClOS/c1-13-6-7-5-12-10-4-8(11)2-3-9(7)10/h2-5H,6H2,1H3. The van der Waals surface area contributed by atoms with Gasteiger partial charge in [-0.2, -0.15) is 11.8 Å². The molecular formula is C10H9ClOS. The van der Waals surface area contributed by atoms with Crippen LogP contribution in [0.25, 0.3) is 11.0 Å². The summed E-state index contributed by atoms with van der Waals surface area (Å²) >= 11 is 7.63. The highest BCUT2D eigenvalue weighted by Crippen LogP contribution is 2.26. The Kier molecular flexibility index (Phi) is 2.51. The third-order valence-electron chi connectivity index (χ3n) is 1.92. The number of hydrogen-bond donors (Lipinski definition) is 0. The largest absolute Gasteiger partial charge is 0.464 e. The monoisotopic (exact) mass is 212 g/mol. The lowest BCUT2D eigenvalue weighted by atomic mass is 10.2. The minimum absolute atomic E-state index is 0.720. The Labute approximate surface area is 86.1 Å². The van der Waals surface area contributed by atoms with Crippen LogP contribution >= 0.6 is 23.4 Å². The Balaban J connectivity index is 2.55. The number of thioether (sulfide) groups is 1. The lowest BCUT2D eigenvalue weighted by molar-refractivity contribution is 0.612. The molecule has 0 amide bonds. The minimum atomic E-state index is 0.720. The van der Waals surface area contributed by atoms with Gasteiger partial charge in [0.15, 0.2) is 0 Å². The number of benzene rings is 1.